The highest BCUT2D eigenvalue weighted by molar-refractivity contribution is 5.85. The van der Waals surface area contributed by atoms with Gasteiger partial charge in [-0.15, -0.1) is 12.4 Å². The summed E-state index contributed by atoms with van der Waals surface area (Å²) in [4.78, 5) is 0. The zero-order chi connectivity index (χ0) is 10.1. The van der Waals surface area contributed by atoms with E-state index in [1.807, 2.05) is 0 Å². The SMILES string of the molecule is Cl.c1ccc(C2(C3CCNCC3)CC2)cc1. The van der Waals surface area contributed by atoms with Crippen LogP contribution in [0.4, 0.5) is 0 Å². The average molecular weight is 238 g/mol. The van der Waals surface area contributed by atoms with Crippen LogP contribution in [0.25, 0.3) is 0 Å². The number of rotatable bonds is 2. The summed E-state index contributed by atoms with van der Waals surface area (Å²) >= 11 is 0. The van der Waals surface area contributed by atoms with Gasteiger partial charge in [0.15, 0.2) is 0 Å². The number of halogens is 1. The van der Waals surface area contributed by atoms with E-state index in [0.717, 1.165) is 5.92 Å². The van der Waals surface area contributed by atoms with E-state index in [2.05, 4.69) is 35.6 Å². The summed E-state index contributed by atoms with van der Waals surface area (Å²) in [6.45, 7) is 2.44. The zero-order valence-electron chi connectivity index (χ0n) is 9.61. The van der Waals surface area contributed by atoms with E-state index >= 15 is 0 Å². The van der Waals surface area contributed by atoms with Crippen LogP contribution in [0.3, 0.4) is 0 Å². The van der Waals surface area contributed by atoms with Crippen LogP contribution >= 0.6 is 12.4 Å². The van der Waals surface area contributed by atoms with Crippen molar-refractivity contribution in [3.63, 3.8) is 0 Å². The number of piperidine rings is 1. The Morgan fingerprint density at radius 3 is 2.19 bits per heavy atom. The first-order valence-corrected chi connectivity index (χ1v) is 6.18. The van der Waals surface area contributed by atoms with Crippen LogP contribution in [0.2, 0.25) is 0 Å². The summed E-state index contributed by atoms with van der Waals surface area (Å²) in [6.07, 6.45) is 5.58. The normalized spacial score (nSPS) is 23.5. The Hall–Kier alpha value is -0.530. The van der Waals surface area contributed by atoms with E-state index < -0.39 is 0 Å². The molecule has 0 amide bonds. The van der Waals surface area contributed by atoms with Gasteiger partial charge in [-0.25, -0.2) is 0 Å². The van der Waals surface area contributed by atoms with Gasteiger partial charge in [0, 0.05) is 0 Å². The van der Waals surface area contributed by atoms with Crippen molar-refractivity contribution in [1.29, 1.82) is 0 Å². The van der Waals surface area contributed by atoms with Gasteiger partial charge in [-0.2, -0.15) is 0 Å². The first-order chi connectivity index (χ1) is 7.42. The molecule has 1 aromatic rings. The average Bonchev–Trinajstić information content (AvgIpc) is 3.13. The largest absolute Gasteiger partial charge is 0.317 e. The molecule has 1 saturated heterocycles. The zero-order valence-corrected chi connectivity index (χ0v) is 10.4. The maximum atomic E-state index is 3.47. The predicted molar refractivity (Wildman–Crippen MR) is 70.2 cm³/mol. The highest BCUT2D eigenvalue weighted by Crippen LogP contribution is 2.56. The number of hydrogen-bond acceptors (Lipinski definition) is 1. The van der Waals surface area contributed by atoms with Gasteiger partial charge in [0.1, 0.15) is 0 Å². The summed E-state index contributed by atoms with van der Waals surface area (Å²) in [5.41, 5.74) is 2.17. The van der Waals surface area contributed by atoms with Gasteiger partial charge >= 0.3 is 0 Å². The van der Waals surface area contributed by atoms with Crippen LogP contribution < -0.4 is 5.32 Å². The predicted octanol–water partition coefficient (Wildman–Crippen LogP) is 3.14. The Morgan fingerprint density at radius 1 is 1.00 bits per heavy atom. The van der Waals surface area contributed by atoms with Crippen molar-refractivity contribution in [3.05, 3.63) is 35.9 Å². The van der Waals surface area contributed by atoms with E-state index in [4.69, 9.17) is 0 Å². The lowest BCUT2D eigenvalue weighted by Crippen LogP contribution is -2.34. The molecule has 0 bridgehead atoms. The van der Waals surface area contributed by atoms with Crippen molar-refractivity contribution in [3.8, 4) is 0 Å². The van der Waals surface area contributed by atoms with Crippen molar-refractivity contribution in [2.45, 2.75) is 31.1 Å². The topological polar surface area (TPSA) is 12.0 Å². The monoisotopic (exact) mass is 237 g/mol. The molecule has 1 heterocycles. The number of hydrogen-bond donors (Lipinski definition) is 1. The minimum Gasteiger partial charge on any atom is -0.317 e. The van der Waals surface area contributed by atoms with Crippen molar-refractivity contribution in [1.82, 2.24) is 5.32 Å². The Balaban J connectivity index is 0.000000963. The van der Waals surface area contributed by atoms with Crippen molar-refractivity contribution < 1.29 is 0 Å². The molecular formula is C14H20ClN. The van der Waals surface area contributed by atoms with Crippen molar-refractivity contribution in [2.75, 3.05) is 13.1 Å². The molecule has 2 aliphatic rings. The molecule has 88 valence electrons. The lowest BCUT2D eigenvalue weighted by molar-refractivity contribution is 0.303. The highest BCUT2D eigenvalue weighted by atomic mass is 35.5. The second kappa shape index (κ2) is 4.77. The van der Waals surface area contributed by atoms with Crippen LogP contribution in [0, 0.1) is 5.92 Å². The standard InChI is InChI=1S/C14H19N.ClH/c1-2-4-12(5-3-1)14(8-9-14)13-6-10-15-11-7-13;/h1-5,13,15H,6-11H2;1H. The van der Waals surface area contributed by atoms with Gasteiger partial charge < -0.3 is 5.32 Å². The summed E-state index contributed by atoms with van der Waals surface area (Å²) in [6, 6.07) is 11.2. The second-order valence-electron chi connectivity index (χ2n) is 5.05. The van der Waals surface area contributed by atoms with Crippen LogP contribution in [0.1, 0.15) is 31.2 Å². The lowest BCUT2D eigenvalue weighted by atomic mass is 9.77. The van der Waals surface area contributed by atoms with Gasteiger partial charge in [-0.3, -0.25) is 0 Å². The van der Waals surface area contributed by atoms with E-state index in [1.165, 1.54) is 38.8 Å². The smallest absolute Gasteiger partial charge is 0.00172 e. The molecule has 1 aliphatic heterocycles. The van der Waals surface area contributed by atoms with Crippen LogP contribution in [0.5, 0.6) is 0 Å². The quantitative estimate of drug-likeness (QED) is 0.834. The lowest BCUT2D eigenvalue weighted by Gasteiger charge is -2.31. The molecule has 0 radical (unpaired) electrons. The summed E-state index contributed by atoms with van der Waals surface area (Å²) in [5, 5.41) is 3.47. The van der Waals surface area contributed by atoms with Crippen LogP contribution in [-0.4, -0.2) is 13.1 Å². The number of benzene rings is 1. The third-order valence-electron chi connectivity index (χ3n) is 4.26. The van der Waals surface area contributed by atoms with Crippen molar-refractivity contribution >= 4 is 12.4 Å². The first kappa shape index (κ1) is 11.9. The van der Waals surface area contributed by atoms with E-state index in [9.17, 15) is 0 Å². The Labute approximate surface area is 104 Å². The van der Waals surface area contributed by atoms with Gasteiger partial charge in [0.2, 0.25) is 0 Å². The Bertz CT molecular complexity index is 326. The molecule has 0 aromatic heterocycles. The molecule has 3 rings (SSSR count). The van der Waals surface area contributed by atoms with Crippen molar-refractivity contribution in [2.24, 2.45) is 5.92 Å². The first-order valence-electron chi connectivity index (χ1n) is 6.18. The molecule has 0 unspecified atom stereocenters. The number of nitrogens with one attached hydrogen (secondary N) is 1. The minimum atomic E-state index is 0. The van der Waals surface area contributed by atoms with Crippen LogP contribution in [-0.2, 0) is 5.41 Å². The summed E-state index contributed by atoms with van der Waals surface area (Å²) in [7, 11) is 0. The fraction of sp³-hybridized carbons (Fsp3) is 0.571. The third-order valence-corrected chi connectivity index (χ3v) is 4.26. The fourth-order valence-corrected chi connectivity index (χ4v) is 3.21. The maximum absolute atomic E-state index is 3.47. The molecule has 2 fully saturated rings. The van der Waals surface area contributed by atoms with E-state index in [1.54, 1.807) is 5.56 Å². The molecule has 1 aliphatic carbocycles. The fourth-order valence-electron chi connectivity index (χ4n) is 3.21. The molecular weight excluding hydrogens is 218 g/mol. The summed E-state index contributed by atoms with van der Waals surface area (Å²) < 4.78 is 0. The van der Waals surface area contributed by atoms with E-state index in [0.29, 0.717) is 5.41 Å². The molecule has 1 saturated carbocycles. The van der Waals surface area contributed by atoms with Gasteiger partial charge in [-0.05, 0) is 55.7 Å². The Morgan fingerprint density at radius 2 is 1.62 bits per heavy atom. The molecule has 0 atom stereocenters. The van der Waals surface area contributed by atoms with E-state index in [-0.39, 0.29) is 12.4 Å². The van der Waals surface area contributed by atoms with Gasteiger partial charge in [-0.1, -0.05) is 30.3 Å². The molecule has 2 heteroatoms. The third kappa shape index (κ3) is 1.99. The minimum absolute atomic E-state index is 0. The molecule has 16 heavy (non-hydrogen) atoms. The summed E-state index contributed by atoms with van der Waals surface area (Å²) in [5.74, 6) is 0.932. The molecule has 1 nitrogen and oxygen atoms in total. The maximum Gasteiger partial charge on any atom is -0.00172 e. The Kier molecular flexibility index (Phi) is 3.56. The van der Waals surface area contributed by atoms with Gasteiger partial charge in [0.05, 0.1) is 0 Å². The molecule has 0 spiro atoms. The van der Waals surface area contributed by atoms with Gasteiger partial charge in [0.25, 0.3) is 0 Å². The molecule has 1 N–H and O–H groups in total. The second-order valence-corrected chi connectivity index (χ2v) is 5.05. The van der Waals surface area contributed by atoms with Crippen LogP contribution in [0.15, 0.2) is 30.3 Å². The highest BCUT2D eigenvalue weighted by Gasteiger charge is 2.49. The molecule has 1 aromatic carbocycles.